The fraction of sp³-hybridized carbons (Fsp3) is 0.636. The van der Waals surface area contributed by atoms with Gasteiger partial charge in [-0.1, -0.05) is 0 Å². The minimum absolute atomic E-state index is 0.529. The van der Waals surface area contributed by atoms with Crippen LogP contribution in [0.5, 0.6) is 0 Å². The van der Waals surface area contributed by atoms with Crippen LogP contribution < -0.4 is 0 Å². The number of carboxylic acids is 1. The number of likely N-dealkylation sites (tertiary alicyclic amines) is 1. The van der Waals surface area contributed by atoms with Crippen LogP contribution in [0.4, 0.5) is 0 Å². The van der Waals surface area contributed by atoms with Gasteiger partial charge in [-0.2, -0.15) is 0 Å². The molecule has 0 bridgehead atoms. The Labute approximate surface area is 123 Å². The number of piperidine rings is 1. The van der Waals surface area contributed by atoms with Crippen molar-refractivity contribution in [3.8, 4) is 0 Å². The maximum Gasteiger partial charge on any atom is 0.336 e. The molecule has 2 heterocycles. The van der Waals surface area contributed by atoms with Gasteiger partial charge in [-0.05, 0) is 35.4 Å². The predicted molar refractivity (Wildman–Crippen MR) is 76.7 cm³/mol. The Morgan fingerprint density at radius 3 is 2.78 bits per heavy atom. The van der Waals surface area contributed by atoms with Gasteiger partial charge in [-0.3, -0.25) is 4.90 Å². The number of nitrogens with zero attached hydrogens (tertiary/aromatic N) is 2. The lowest BCUT2D eigenvalue weighted by molar-refractivity contribution is -0.168. The van der Waals surface area contributed by atoms with E-state index >= 15 is 0 Å². The van der Waals surface area contributed by atoms with Crippen molar-refractivity contribution in [2.75, 3.05) is 20.2 Å². The first-order valence-corrected chi connectivity index (χ1v) is 7.56. The number of thiazole rings is 1. The molecule has 2 rings (SSSR count). The highest BCUT2D eigenvalue weighted by Crippen LogP contribution is 2.27. The van der Waals surface area contributed by atoms with Crippen LogP contribution in [-0.4, -0.2) is 46.8 Å². The standard InChI is InChI=1S/C11H15IN2O3S/c1-17-11(10(15)16)2-4-14(5-3-11)7-9-13-6-8(12)18-9/h6H,2-5,7H2,1H3,(H,15,16). The zero-order valence-corrected chi connectivity index (χ0v) is 13.0. The van der Waals surface area contributed by atoms with Gasteiger partial charge in [-0.25, -0.2) is 9.78 Å². The lowest BCUT2D eigenvalue weighted by atomic mass is 9.91. The van der Waals surface area contributed by atoms with Gasteiger partial charge in [0, 0.05) is 20.2 Å². The summed E-state index contributed by atoms with van der Waals surface area (Å²) in [6.45, 7) is 2.26. The van der Waals surface area contributed by atoms with Gasteiger partial charge in [0.25, 0.3) is 0 Å². The molecule has 0 atom stereocenters. The van der Waals surface area contributed by atoms with Crippen molar-refractivity contribution < 1.29 is 14.6 Å². The van der Waals surface area contributed by atoms with Crippen LogP contribution in [0.2, 0.25) is 0 Å². The molecule has 1 aromatic heterocycles. The molecule has 18 heavy (non-hydrogen) atoms. The smallest absolute Gasteiger partial charge is 0.336 e. The maximum atomic E-state index is 11.2. The number of hydrogen-bond donors (Lipinski definition) is 1. The summed E-state index contributed by atoms with van der Waals surface area (Å²) < 4.78 is 6.38. The highest BCUT2D eigenvalue weighted by molar-refractivity contribution is 14.1. The third-order valence-corrected chi connectivity index (χ3v) is 5.04. The molecule has 1 N–H and O–H groups in total. The van der Waals surface area contributed by atoms with Gasteiger partial charge in [0.15, 0.2) is 5.60 Å². The monoisotopic (exact) mass is 382 g/mol. The van der Waals surface area contributed by atoms with Gasteiger partial charge in [0.1, 0.15) is 5.01 Å². The topological polar surface area (TPSA) is 62.7 Å². The average Bonchev–Trinajstić information content (AvgIpc) is 2.76. The first-order chi connectivity index (χ1) is 8.55. The molecule has 1 fully saturated rings. The molecule has 0 aliphatic carbocycles. The Balaban J connectivity index is 1.92. The van der Waals surface area contributed by atoms with Crippen LogP contribution in [-0.2, 0) is 16.1 Å². The summed E-state index contributed by atoms with van der Waals surface area (Å²) in [5, 5.41) is 10.3. The number of hydrogen-bond acceptors (Lipinski definition) is 5. The summed E-state index contributed by atoms with van der Waals surface area (Å²) in [5.74, 6) is -0.853. The quantitative estimate of drug-likeness (QED) is 0.805. The summed E-state index contributed by atoms with van der Waals surface area (Å²) >= 11 is 3.93. The molecule has 0 aromatic carbocycles. The average molecular weight is 382 g/mol. The largest absolute Gasteiger partial charge is 0.479 e. The van der Waals surface area contributed by atoms with Crippen LogP contribution in [0.3, 0.4) is 0 Å². The van der Waals surface area contributed by atoms with Crippen molar-refractivity contribution in [1.29, 1.82) is 0 Å². The number of rotatable bonds is 4. The highest BCUT2D eigenvalue weighted by Gasteiger charge is 2.41. The SMILES string of the molecule is COC1(C(=O)O)CCN(Cc2ncc(I)s2)CC1. The van der Waals surface area contributed by atoms with E-state index in [0.29, 0.717) is 12.8 Å². The Morgan fingerprint density at radius 2 is 2.33 bits per heavy atom. The summed E-state index contributed by atoms with van der Waals surface area (Å²) in [5.41, 5.74) is -0.992. The van der Waals surface area contributed by atoms with Crippen molar-refractivity contribution in [2.45, 2.75) is 25.0 Å². The van der Waals surface area contributed by atoms with Crippen LogP contribution in [0, 0.1) is 2.88 Å². The van der Waals surface area contributed by atoms with E-state index in [1.54, 1.807) is 11.3 Å². The van der Waals surface area contributed by atoms with Gasteiger partial charge in [-0.15, -0.1) is 11.3 Å². The summed E-state index contributed by atoms with van der Waals surface area (Å²) in [4.78, 5) is 17.8. The van der Waals surface area contributed by atoms with Gasteiger partial charge < -0.3 is 9.84 Å². The van der Waals surface area contributed by atoms with E-state index in [2.05, 4.69) is 32.5 Å². The Morgan fingerprint density at radius 1 is 1.67 bits per heavy atom. The van der Waals surface area contributed by atoms with Crippen LogP contribution in [0.15, 0.2) is 6.20 Å². The fourth-order valence-corrected chi connectivity index (χ4v) is 3.71. The number of carbonyl (C=O) groups is 1. The van der Waals surface area contributed by atoms with Gasteiger partial charge >= 0.3 is 5.97 Å². The minimum Gasteiger partial charge on any atom is -0.479 e. The first-order valence-electron chi connectivity index (χ1n) is 5.67. The number of carboxylic acid groups (broad SMARTS) is 1. The predicted octanol–water partition coefficient (Wildman–Crippen LogP) is 1.81. The van der Waals surface area contributed by atoms with Crippen LogP contribution in [0.25, 0.3) is 0 Å². The molecule has 1 aliphatic heterocycles. The number of halogens is 1. The highest BCUT2D eigenvalue weighted by atomic mass is 127. The number of aromatic nitrogens is 1. The molecule has 5 nitrogen and oxygen atoms in total. The van der Waals surface area contributed by atoms with Crippen molar-refractivity contribution in [1.82, 2.24) is 9.88 Å². The maximum absolute atomic E-state index is 11.2. The molecule has 7 heteroatoms. The van der Waals surface area contributed by atoms with E-state index in [9.17, 15) is 9.90 Å². The second-order valence-corrected chi connectivity index (χ2v) is 7.35. The minimum atomic E-state index is -0.992. The van der Waals surface area contributed by atoms with E-state index in [1.165, 1.54) is 9.99 Å². The lowest BCUT2D eigenvalue weighted by Crippen LogP contribution is -2.50. The second kappa shape index (κ2) is 5.81. The molecular weight excluding hydrogens is 367 g/mol. The summed E-state index contributed by atoms with van der Waals surface area (Å²) in [6.07, 6.45) is 2.92. The van der Waals surface area contributed by atoms with Crippen molar-refractivity contribution in [2.24, 2.45) is 0 Å². The van der Waals surface area contributed by atoms with Crippen LogP contribution >= 0.6 is 33.9 Å². The second-order valence-electron chi connectivity index (χ2n) is 4.34. The molecular formula is C11H15IN2O3S. The normalized spacial score (nSPS) is 19.9. The zero-order chi connectivity index (χ0) is 13.2. The third-order valence-electron chi connectivity index (χ3n) is 3.33. The molecule has 1 aromatic rings. The molecule has 100 valence electrons. The fourth-order valence-electron chi connectivity index (χ4n) is 2.13. The van der Waals surface area contributed by atoms with E-state index in [1.807, 2.05) is 6.20 Å². The van der Waals surface area contributed by atoms with Crippen molar-refractivity contribution in [3.63, 3.8) is 0 Å². The third kappa shape index (κ3) is 3.01. The van der Waals surface area contributed by atoms with Gasteiger partial charge in [0.2, 0.25) is 0 Å². The number of methoxy groups -OCH3 is 1. The van der Waals surface area contributed by atoms with Gasteiger partial charge in [0.05, 0.1) is 15.6 Å². The Kier molecular flexibility index (Phi) is 4.57. The zero-order valence-electron chi connectivity index (χ0n) is 10.1. The number of ether oxygens (including phenoxy) is 1. The molecule has 0 amide bonds. The molecule has 0 unspecified atom stereocenters. The molecule has 0 spiro atoms. The molecule has 1 aliphatic rings. The summed E-state index contributed by atoms with van der Waals surface area (Å²) in [6, 6.07) is 0. The first kappa shape index (κ1) is 14.2. The molecule has 0 radical (unpaired) electrons. The van der Waals surface area contributed by atoms with Crippen molar-refractivity contribution >= 4 is 39.9 Å². The van der Waals surface area contributed by atoms with Crippen LogP contribution in [0.1, 0.15) is 17.8 Å². The van der Waals surface area contributed by atoms with E-state index in [0.717, 1.165) is 24.6 Å². The molecule has 0 saturated carbocycles. The summed E-state index contributed by atoms with van der Waals surface area (Å²) in [7, 11) is 1.48. The van der Waals surface area contributed by atoms with E-state index in [-0.39, 0.29) is 0 Å². The lowest BCUT2D eigenvalue weighted by Gasteiger charge is -2.37. The number of aliphatic carboxylic acids is 1. The van der Waals surface area contributed by atoms with E-state index in [4.69, 9.17) is 4.74 Å². The Bertz CT molecular complexity index is 430. The van der Waals surface area contributed by atoms with E-state index < -0.39 is 11.6 Å². The Hall–Kier alpha value is -0.250. The van der Waals surface area contributed by atoms with Crippen molar-refractivity contribution in [3.05, 3.63) is 14.1 Å². The molecule has 1 saturated heterocycles.